The average molecular weight is 384 g/mol. The number of halogens is 1. The SMILES string of the molecule is Cc1ccc(NC(=O)COC(=O)/C=C/c2c(Cl)nc3ccccn23)cc1C. The number of aromatic nitrogens is 2. The predicted octanol–water partition coefficient (Wildman–Crippen LogP) is 3.80. The Bertz CT molecular complexity index is 1040. The van der Waals surface area contributed by atoms with Gasteiger partial charge in [-0.05, 0) is 55.3 Å². The highest BCUT2D eigenvalue weighted by atomic mass is 35.5. The number of rotatable bonds is 5. The van der Waals surface area contributed by atoms with Crippen molar-refractivity contribution in [3.8, 4) is 0 Å². The van der Waals surface area contributed by atoms with Crippen LogP contribution in [0.3, 0.4) is 0 Å². The maximum absolute atomic E-state index is 11.9. The fourth-order valence-electron chi connectivity index (χ4n) is 2.48. The number of ether oxygens (including phenoxy) is 1. The second-order valence-corrected chi connectivity index (χ2v) is 6.36. The van der Waals surface area contributed by atoms with Crippen LogP contribution in [-0.2, 0) is 14.3 Å². The van der Waals surface area contributed by atoms with Gasteiger partial charge >= 0.3 is 5.97 Å². The fraction of sp³-hybridized carbons (Fsp3) is 0.150. The third-order valence-electron chi connectivity index (χ3n) is 4.04. The average Bonchev–Trinajstić information content (AvgIpc) is 2.96. The van der Waals surface area contributed by atoms with E-state index in [1.165, 1.54) is 12.2 Å². The van der Waals surface area contributed by atoms with E-state index in [0.717, 1.165) is 11.1 Å². The Kier molecular flexibility index (Phi) is 5.57. The summed E-state index contributed by atoms with van der Waals surface area (Å²) in [5.74, 6) is -1.06. The molecule has 2 heterocycles. The van der Waals surface area contributed by atoms with Gasteiger partial charge in [-0.3, -0.25) is 9.20 Å². The van der Waals surface area contributed by atoms with Crippen molar-refractivity contribution in [1.82, 2.24) is 9.38 Å². The number of hydrogen-bond donors (Lipinski definition) is 1. The van der Waals surface area contributed by atoms with Crippen LogP contribution in [0, 0.1) is 13.8 Å². The van der Waals surface area contributed by atoms with Gasteiger partial charge in [-0.15, -0.1) is 0 Å². The number of imidazole rings is 1. The zero-order valence-electron chi connectivity index (χ0n) is 14.9. The Labute approximate surface area is 161 Å². The van der Waals surface area contributed by atoms with Crippen molar-refractivity contribution < 1.29 is 14.3 Å². The van der Waals surface area contributed by atoms with Crippen LogP contribution in [0.4, 0.5) is 5.69 Å². The summed E-state index contributed by atoms with van der Waals surface area (Å²) in [5, 5.41) is 2.97. The molecule has 0 saturated carbocycles. The quantitative estimate of drug-likeness (QED) is 0.537. The van der Waals surface area contributed by atoms with Crippen molar-refractivity contribution in [2.45, 2.75) is 13.8 Å². The monoisotopic (exact) mass is 383 g/mol. The lowest BCUT2D eigenvalue weighted by Gasteiger charge is -2.07. The molecule has 7 heteroatoms. The van der Waals surface area contributed by atoms with Crippen LogP contribution in [0.2, 0.25) is 5.15 Å². The molecule has 0 unspecified atom stereocenters. The molecule has 138 valence electrons. The molecule has 0 spiro atoms. The van der Waals surface area contributed by atoms with Crippen molar-refractivity contribution in [2.75, 3.05) is 11.9 Å². The lowest BCUT2D eigenvalue weighted by molar-refractivity contribution is -0.142. The highest BCUT2D eigenvalue weighted by molar-refractivity contribution is 6.31. The van der Waals surface area contributed by atoms with Crippen LogP contribution in [-0.4, -0.2) is 27.9 Å². The number of fused-ring (bicyclic) bond motifs is 1. The van der Waals surface area contributed by atoms with E-state index in [-0.39, 0.29) is 11.8 Å². The molecule has 1 aromatic carbocycles. The van der Waals surface area contributed by atoms with E-state index in [0.29, 0.717) is 17.0 Å². The largest absolute Gasteiger partial charge is 0.452 e. The number of benzene rings is 1. The lowest BCUT2D eigenvalue weighted by Crippen LogP contribution is -2.20. The number of esters is 1. The van der Waals surface area contributed by atoms with E-state index in [1.807, 2.05) is 38.1 Å². The summed E-state index contributed by atoms with van der Waals surface area (Å²) >= 11 is 6.09. The molecular formula is C20H18ClN3O3. The number of carbonyl (C=O) groups is 2. The molecule has 0 bridgehead atoms. The summed E-state index contributed by atoms with van der Waals surface area (Å²) in [7, 11) is 0. The van der Waals surface area contributed by atoms with Crippen molar-refractivity contribution >= 4 is 40.9 Å². The van der Waals surface area contributed by atoms with Gasteiger partial charge in [0.05, 0.1) is 5.69 Å². The first-order chi connectivity index (χ1) is 12.9. The number of nitrogens with one attached hydrogen (secondary N) is 1. The Hall–Kier alpha value is -3.12. The minimum atomic E-state index is -0.646. The minimum Gasteiger partial charge on any atom is -0.452 e. The molecule has 0 atom stereocenters. The second kappa shape index (κ2) is 8.05. The zero-order valence-corrected chi connectivity index (χ0v) is 15.7. The number of carbonyl (C=O) groups excluding carboxylic acids is 2. The number of aryl methyl sites for hydroxylation is 2. The Morgan fingerprint density at radius 3 is 2.81 bits per heavy atom. The Morgan fingerprint density at radius 2 is 2.04 bits per heavy atom. The topological polar surface area (TPSA) is 72.7 Å². The molecule has 0 aliphatic carbocycles. The van der Waals surface area contributed by atoms with Crippen LogP contribution < -0.4 is 5.32 Å². The summed E-state index contributed by atoms with van der Waals surface area (Å²) in [5.41, 5.74) is 4.09. The minimum absolute atomic E-state index is 0.276. The molecule has 0 saturated heterocycles. The van der Waals surface area contributed by atoms with Gasteiger partial charge in [0.15, 0.2) is 11.8 Å². The van der Waals surface area contributed by atoms with Gasteiger partial charge in [0.25, 0.3) is 5.91 Å². The Morgan fingerprint density at radius 1 is 1.22 bits per heavy atom. The smallest absolute Gasteiger partial charge is 0.331 e. The fourth-order valence-corrected chi connectivity index (χ4v) is 2.72. The summed E-state index contributed by atoms with van der Waals surface area (Å²) in [4.78, 5) is 28.0. The molecule has 0 aliphatic heterocycles. The van der Waals surface area contributed by atoms with Crippen LogP contribution in [0.1, 0.15) is 16.8 Å². The molecule has 2 aromatic heterocycles. The van der Waals surface area contributed by atoms with E-state index < -0.39 is 11.9 Å². The molecule has 1 N–H and O–H groups in total. The van der Waals surface area contributed by atoms with Gasteiger partial charge < -0.3 is 10.1 Å². The summed E-state index contributed by atoms with van der Waals surface area (Å²) in [6.45, 7) is 3.57. The van der Waals surface area contributed by atoms with Crippen LogP contribution in [0.25, 0.3) is 11.7 Å². The molecule has 0 fully saturated rings. The van der Waals surface area contributed by atoms with Gasteiger partial charge in [-0.25, -0.2) is 9.78 Å². The number of nitrogens with zero attached hydrogens (tertiary/aromatic N) is 2. The van der Waals surface area contributed by atoms with Crippen molar-refractivity contribution in [2.24, 2.45) is 0 Å². The first-order valence-electron chi connectivity index (χ1n) is 8.28. The summed E-state index contributed by atoms with van der Waals surface area (Å²) in [6, 6.07) is 11.1. The maximum atomic E-state index is 11.9. The molecule has 3 aromatic rings. The lowest BCUT2D eigenvalue weighted by atomic mass is 10.1. The first-order valence-corrected chi connectivity index (χ1v) is 8.66. The van der Waals surface area contributed by atoms with Crippen LogP contribution in [0.5, 0.6) is 0 Å². The zero-order chi connectivity index (χ0) is 19.4. The highest BCUT2D eigenvalue weighted by Crippen LogP contribution is 2.19. The van der Waals surface area contributed by atoms with Crippen LogP contribution >= 0.6 is 11.6 Å². The van der Waals surface area contributed by atoms with Crippen molar-refractivity contribution in [3.05, 3.63) is 70.6 Å². The van der Waals surface area contributed by atoms with E-state index >= 15 is 0 Å². The van der Waals surface area contributed by atoms with Gasteiger partial charge in [0.2, 0.25) is 0 Å². The van der Waals surface area contributed by atoms with Gasteiger partial charge in [0.1, 0.15) is 5.65 Å². The van der Waals surface area contributed by atoms with Gasteiger partial charge in [-0.1, -0.05) is 23.7 Å². The Balaban J connectivity index is 1.57. The van der Waals surface area contributed by atoms with E-state index in [4.69, 9.17) is 16.3 Å². The first kappa shape index (κ1) is 18.7. The standard InChI is InChI=1S/C20H18ClN3O3/c1-13-6-7-15(11-14(13)2)22-18(25)12-27-19(26)9-8-16-20(21)23-17-5-3-4-10-24(16)17/h3-11H,12H2,1-2H3,(H,22,25)/b9-8+. The predicted molar refractivity (Wildman–Crippen MR) is 105 cm³/mol. The third kappa shape index (κ3) is 4.54. The number of amides is 1. The second-order valence-electron chi connectivity index (χ2n) is 6.00. The number of pyridine rings is 1. The molecular weight excluding hydrogens is 366 g/mol. The van der Waals surface area contributed by atoms with E-state index in [2.05, 4.69) is 10.3 Å². The van der Waals surface area contributed by atoms with Crippen molar-refractivity contribution in [1.29, 1.82) is 0 Å². The molecule has 0 aliphatic rings. The summed E-state index contributed by atoms with van der Waals surface area (Å²) < 4.78 is 6.72. The van der Waals surface area contributed by atoms with Gasteiger partial charge in [-0.2, -0.15) is 0 Å². The van der Waals surface area contributed by atoms with E-state index in [1.54, 1.807) is 22.7 Å². The maximum Gasteiger partial charge on any atom is 0.331 e. The molecule has 6 nitrogen and oxygen atoms in total. The number of hydrogen-bond acceptors (Lipinski definition) is 4. The third-order valence-corrected chi connectivity index (χ3v) is 4.31. The molecule has 1 amide bonds. The molecule has 3 rings (SSSR count). The number of anilines is 1. The normalized spacial score (nSPS) is 11.1. The van der Waals surface area contributed by atoms with Crippen molar-refractivity contribution in [3.63, 3.8) is 0 Å². The van der Waals surface area contributed by atoms with E-state index in [9.17, 15) is 9.59 Å². The van der Waals surface area contributed by atoms with Gasteiger partial charge in [0, 0.05) is 18.0 Å². The molecule has 27 heavy (non-hydrogen) atoms. The molecule has 0 radical (unpaired) electrons. The summed E-state index contributed by atoms with van der Waals surface area (Å²) in [6.07, 6.45) is 4.51. The highest BCUT2D eigenvalue weighted by Gasteiger charge is 2.09. The van der Waals surface area contributed by atoms with Crippen LogP contribution in [0.15, 0.2) is 48.7 Å².